The number of methoxy groups -OCH3 is 1. The lowest BCUT2D eigenvalue weighted by Gasteiger charge is -2.15. The minimum atomic E-state index is -0.385. The first kappa shape index (κ1) is 24.0. The standard InChI is InChI=1S/C26H28N4O5/c1-16-10-18(12-20(14-28-33-5)24(16)32-4)21(8-6-7-9-23-27-15-34-29-23)19-11-17(2)25-22(13-19)30(3)26(31)35-25/h8,10-15H,6-7,9H2,1-5H3/b21-8-,28-14+. The Morgan fingerprint density at radius 1 is 1.14 bits per heavy atom. The highest BCUT2D eigenvalue weighted by atomic mass is 16.6. The van der Waals surface area contributed by atoms with Crippen molar-refractivity contribution in [3.63, 3.8) is 0 Å². The second-order valence-corrected chi connectivity index (χ2v) is 8.26. The molecular weight excluding hydrogens is 448 g/mol. The molecule has 0 aliphatic rings. The molecule has 9 heteroatoms. The number of hydrogen-bond acceptors (Lipinski definition) is 8. The molecule has 0 amide bonds. The van der Waals surface area contributed by atoms with Gasteiger partial charge in [-0.1, -0.05) is 16.4 Å². The number of unbranched alkanes of at least 4 members (excludes halogenated alkanes) is 1. The van der Waals surface area contributed by atoms with Gasteiger partial charge in [0.15, 0.2) is 11.4 Å². The van der Waals surface area contributed by atoms with Crippen LogP contribution < -0.4 is 10.5 Å². The Kier molecular flexibility index (Phi) is 7.14. The number of rotatable bonds is 9. The van der Waals surface area contributed by atoms with Crippen molar-refractivity contribution in [3.8, 4) is 5.75 Å². The summed E-state index contributed by atoms with van der Waals surface area (Å²) in [6.07, 6.45) is 7.52. The lowest BCUT2D eigenvalue weighted by atomic mass is 9.92. The number of ether oxygens (including phenoxy) is 1. The maximum atomic E-state index is 12.1. The minimum Gasteiger partial charge on any atom is -0.496 e. The third-order valence-corrected chi connectivity index (χ3v) is 5.87. The first-order valence-corrected chi connectivity index (χ1v) is 11.2. The molecule has 0 unspecified atom stereocenters. The minimum absolute atomic E-state index is 0.385. The smallest absolute Gasteiger partial charge is 0.419 e. The van der Waals surface area contributed by atoms with Gasteiger partial charge < -0.3 is 18.5 Å². The van der Waals surface area contributed by atoms with Gasteiger partial charge in [-0.25, -0.2) is 4.79 Å². The number of fused-ring (bicyclic) bond motifs is 1. The fraction of sp³-hybridized carbons (Fsp3) is 0.308. The highest BCUT2D eigenvalue weighted by Gasteiger charge is 2.16. The number of aromatic nitrogens is 3. The van der Waals surface area contributed by atoms with Crippen LogP contribution in [0.5, 0.6) is 5.75 Å². The third kappa shape index (κ3) is 5.03. The van der Waals surface area contributed by atoms with E-state index in [1.165, 1.54) is 18.1 Å². The largest absolute Gasteiger partial charge is 0.496 e. The van der Waals surface area contributed by atoms with Crippen LogP contribution in [0, 0.1) is 13.8 Å². The molecule has 0 atom stereocenters. The quantitative estimate of drug-likeness (QED) is 0.198. The zero-order valence-corrected chi connectivity index (χ0v) is 20.5. The van der Waals surface area contributed by atoms with Crippen molar-refractivity contribution in [1.29, 1.82) is 0 Å². The molecule has 9 nitrogen and oxygen atoms in total. The van der Waals surface area contributed by atoms with Crippen LogP contribution in [0.25, 0.3) is 16.7 Å². The van der Waals surface area contributed by atoms with Crippen LogP contribution in [-0.2, 0) is 18.3 Å². The van der Waals surface area contributed by atoms with Crippen LogP contribution in [0.1, 0.15) is 46.5 Å². The van der Waals surface area contributed by atoms with Crippen LogP contribution in [0.15, 0.2) is 55.6 Å². The second kappa shape index (κ2) is 10.4. The number of nitrogens with zero attached hydrogens (tertiary/aromatic N) is 4. The SMILES string of the molecule is CO/N=C/c1cc(/C(=C/CCCc2ncon2)c2cc(C)c3oc(=O)n(C)c3c2)cc(C)c1OC. The summed E-state index contributed by atoms with van der Waals surface area (Å²) < 4.78 is 17.4. The Hall–Kier alpha value is -4.14. The summed E-state index contributed by atoms with van der Waals surface area (Å²) >= 11 is 0. The fourth-order valence-electron chi connectivity index (χ4n) is 4.20. The highest BCUT2D eigenvalue weighted by Crippen LogP contribution is 2.33. The van der Waals surface area contributed by atoms with E-state index >= 15 is 0 Å². The Labute approximate surface area is 202 Å². The number of oxime groups is 1. The monoisotopic (exact) mass is 476 g/mol. The summed E-state index contributed by atoms with van der Waals surface area (Å²) in [6, 6.07) is 8.13. The lowest BCUT2D eigenvalue weighted by Crippen LogP contribution is -2.08. The summed E-state index contributed by atoms with van der Waals surface area (Å²) in [4.78, 5) is 21.1. The van der Waals surface area contributed by atoms with Gasteiger partial charge in [-0.2, -0.15) is 4.98 Å². The van der Waals surface area contributed by atoms with Gasteiger partial charge >= 0.3 is 5.76 Å². The van der Waals surface area contributed by atoms with Gasteiger partial charge in [0.05, 0.1) is 18.8 Å². The number of allylic oxidation sites excluding steroid dienone is 1. The fourth-order valence-corrected chi connectivity index (χ4v) is 4.20. The molecule has 0 saturated carbocycles. The van der Waals surface area contributed by atoms with E-state index in [4.69, 9.17) is 18.5 Å². The van der Waals surface area contributed by atoms with Gasteiger partial charge in [0, 0.05) is 19.0 Å². The van der Waals surface area contributed by atoms with Gasteiger partial charge in [-0.05, 0) is 78.8 Å². The zero-order chi connectivity index (χ0) is 24.9. The Balaban J connectivity index is 1.82. The molecule has 0 radical (unpaired) electrons. The topological polar surface area (TPSA) is 105 Å². The first-order chi connectivity index (χ1) is 16.9. The average molecular weight is 477 g/mol. The van der Waals surface area contributed by atoms with Gasteiger partial charge in [0.1, 0.15) is 12.9 Å². The molecule has 2 heterocycles. The van der Waals surface area contributed by atoms with Crippen molar-refractivity contribution in [2.45, 2.75) is 33.1 Å². The Bertz CT molecular complexity index is 1440. The van der Waals surface area contributed by atoms with E-state index in [2.05, 4.69) is 27.4 Å². The number of oxazole rings is 1. The van der Waals surface area contributed by atoms with E-state index in [9.17, 15) is 4.79 Å². The van der Waals surface area contributed by atoms with E-state index in [-0.39, 0.29) is 5.76 Å². The second-order valence-electron chi connectivity index (χ2n) is 8.26. The van der Waals surface area contributed by atoms with Gasteiger partial charge in [0.25, 0.3) is 0 Å². The van der Waals surface area contributed by atoms with Gasteiger partial charge in [-0.15, -0.1) is 0 Å². The molecule has 0 spiro atoms. The van der Waals surface area contributed by atoms with E-state index in [0.29, 0.717) is 17.8 Å². The van der Waals surface area contributed by atoms with E-state index in [1.54, 1.807) is 20.4 Å². The number of aryl methyl sites for hydroxylation is 4. The van der Waals surface area contributed by atoms with Crippen LogP contribution >= 0.6 is 0 Å². The Morgan fingerprint density at radius 3 is 2.63 bits per heavy atom. The van der Waals surface area contributed by atoms with E-state index in [0.717, 1.165) is 57.5 Å². The summed E-state index contributed by atoms with van der Waals surface area (Å²) in [5, 5.41) is 7.83. The molecule has 0 N–H and O–H groups in total. The van der Waals surface area contributed by atoms with Crippen molar-refractivity contribution in [2.75, 3.05) is 14.2 Å². The Morgan fingerprint density at radius 2 is 1.91 bits per heavy atom. The van der Waals surface area contributed by atoms with Crippen LogP contribution in [0.2, 0.25) is 0 Å². The van der Waals surface area contributed by atoms with Crippen molar-refractivity contribution in [3.05, 3.63) is 80.9 Å². The van der Waals surface area contributed by atoms with E-state index < -0.39 is 0 Å². The number of benzene rings is 2. The molecule has 4 aromatic rings. The van der Waals surface area contributed by atoms with Crippen molar-refractivity contribution < 1.29 is 18.5 Å². The third-order valence-electron chi connectivity index (χ3n) is 5.87. The van der Waals surface area contributed by atoms with Crippen LogP contribution in [0.4, 0.5) is 0 Å². The van der Waals surface area contributed by atoms with Crippen LogP contribution in [0.3, 0.4) is 0 Å². The molecule has 182 valence electrons. The summed E-state index contributed by atoms with van der Waals surface area (Å²) in [6.45, 7) is 3.94. The van der Waals surface area contributed by atoms with Gasteiger partial charge in [-0.3, -0.25) is 4.57 Å². The van der Waals surface area contributed by atoms with Crippen LogP contribution in [-0.4, -0.2) is 35.1 Å². The molecule has 0 fully saturated rings. The summed E-state index contributed by atoms with van der Waals surface area (Å²) in [7, 11) is 4.85. The van der Waals surface area contributed by atoms with Crippen molar-refractivity contribution in [2.24, 2.45) is 12.2 Å². The molecule has 2 aromatic carbocycles. The molecule has 0 aliphatic carbocycles. The normalized spacial score (nSPS) is 12.1. The first-order valence-electron chi connectivity index (χ1n) is 11.2. The van der Waals surface area contributed by atoms with E-state index in [1.807, 2.05) is 32.0 Å². The molecule has 2 aromatic heterocycles. The molecule has 4 rings (SSSR count). The van der Waals surface area contributed by atoms with Crippen molar-refractivity contribution >= 4 is 22.9 Å². The maximum absolute atomic E-state index is 12.1. The molecule has 0 aliphatic heterocycles. The lowest BCUT2D eigenvalue weighted by molar-refractivity contribution is 0.215. The molecule has 0 bridgehead atoms. The maximum Gasteiger partial charge on any atom is 0.419 e. The summed E-state index contributed by atoms with van der Waals surface area (Å²) in [5.41, 5.74) is 6.99. The zero-order valence-electron chi connectivity index (χ0n) is 20.5. The summed E-state index contributed by atoms with van der Waals surface area (Å²) in [5.74, 6) is 1.03. The average Bonchev–Trinajstić information content (AvgIpc) is 3.46. The number of hydrogen-bond donors (Lipinski definition) is 0. The molecule has 0 saturated heterocycles. The molecule has 35 heavy (non-hydrogen) atoms. The van der Waals surface area contributed by atoms with Gasteiger partial charge in [0.2, 0.25) is 6.39 Å². The predicted molar refractivity (Wildman–Crippen MR) is 133 cm³/mol. The molecular formula is C26H28N4O5. The predicted octanol–water partition coefficient (Wildman–Crippen LogP) is 4.57. The van der Waals surface area contributed by atoms with Crippen molar-refractivity contribution in [1.82, 2.24) is 14.7 Å². The highest BCUT2D eigenvalue weighted by molar-refractivity contribution is 5.91.